The van der Waals surface area contributed by atoms with E-state index in [2.05, 4.69) is 24.8 Å². The van der Waals surface area contributed by atoms with Gasteiger partial charge in [0.2, 0.25) is 0 Å². The summed E-state index contributed by atoms with van der Waals surface area (Å²) in [5.74, 6) is 1.52. The van der Waals surface area contributed by atoms with Gasteiger partial charge in [0, 0.05) is 13.2 Å². The van der Waals surface area contributed by atoms with Crippen LogP contribution in [0, 0.1) is 17.2 Å². The first-order chi connectivity index (χ1) is 12.3. The fourth-order valence-electron chi connectivity index (χ4n) is 3.81. The molecule has 0 unspecified atom stereocenters. The predicted molar refractivity (Wildman–Crippen MR) is 105 cm³/mol. The number of rotatable bonds is 11. The highest BCUT2D eigenvalue weighted by atomic mass is 16.5. The number of benzene rings is 1. The Hall–Kier alpha value is -1.59. The van der Waals surface area contributed by atoms with E-state index in [1.807, 2.05) is 18.2 Å². The van der Waals surface area contributed by atoms with Crippen molar-refractivity contribution in [3.05, 3.63) is 48.0 Å². The van der Waals surface area contributed by atoms with Crippen LogP contribution in [0.25, 0.3) is 0 Å². The van der Waals surface area contributed by atoms with E-state index in [4.69, 9.17) is 10.00 Å². The van der Waals surface area contributed by atoms with E-state index in [9.17, 15) is 0 Å². The van der Waals surface area contributed by atoms with Gasteiger partial charge in [-0.15, -0.1) is 6.58 Å². The Morgan fingerprint density at radius 3 is 2.40 bits per heavy atom. The van der Waals surface area contributed by atoms with Gasteiger partial charge in [0.15, 0.2) is 0 Å². The molecule has 136 valence electrons. The number of unbranched alkanes of at least 4 members (excludes halogenated alkanes) is 4. The second-order valence-electron chi connectivity index (χ2n) is 7.34. The predicted octanol–water partition coefficient (Wildman–Crippen LogP) is 6.38. The third-order valence-corrected chi connectivity index (χ3v) is 5.48. The topological polar surface area (TPSA) is 33.0 Å². The molecule has 0 radical (unpaired) electrons. The van der Waals surface area contributed by atoms with E-state index in [1.165, 1.54) is 63.4 Å². The van der Waals surface area contributed by atoms with Gasteiger partial charge in [-0.25, -0.2) is 0 Å². The molecule has 0 aromatic heterocycles. The first kappa shape index (κ1) is 19.7. The van der Waals surface area contributed by atoms with Crippen molar-refractivity contribution in [2.24, 2.45) is 5.92 Å². The van der Waals surface area contributed by atoms with Gasteiger partial charge < -0.3 is 4.74 Å². The minimum atomic E-state index is 0.681. The minimum Gasteiger partial charge on any atom is -0.381 e. The van der Waals surface area contributed by atoms with Gasteiger partial charge in [-0.1, -0.05) is 31.1 Å². The first-order valence-corrected chi connectivity index (χ1v) is 10.0. The fourth-order valence-corrected chi connectivity index (χ4v) is 3.81. The van der Waals surface area contributed by atoms with Gasteiger partial charge in [0.1, 0.15) is 0 Å². The highest BCUT2D eigenvalue weighted by Crippen LogP contribution is 2.37. The maximum Gasteiger partial charge on any atom is 0.0991 e. The molecular weight excluding hydrogens is 306 g/mol. The van der Waals surface area contributed by atoms with E-state index in [1.54, 1.807) is 0 Å². The lowest BCUT2D eigenvalue weighted by Crippen LogP contribution is -2.15. The van der Waals surface area contributed by atoms with Crippen molar-refractivity contribution in [3.63, 3.8) is 0 Å². The van der Waals surface area contributed by atoms with E-state index < -0.39 is 0 Å². The molecule has 2 heteroatoms. The summed E-state index contributed by atoms with van der Waals surface area (Å²) in [6, 6.07) is 10.4. The molecule has 0 spiro atoms. The van der Waals surface area contributed by atoms with Crippen LogP contribution < -0.4 is 0 Å². The molecule has 1 aliphatic carbocycles. The third kappa shape index (κ3) is 7.45. The van der Waals surface area contributed by atoms with Crippen molar-refractivity contribution in [1.82, 2.24) is 0 Å². The molecule has 0 bridgehead atoms. The van der Waals surface area contributed by atoms with E-state index >= 15 is 0 Å². The lowest BCUT2D eigenvalue weighted by atomic mass is 9.77. The highest BCUT2D eigenvalue weighted by Gasteiger charge is 2.22. The molecule has 1 aromatic carbocycles. The summed E-state index contributed by atoms with van der Waals surface area (Å²) in [7, 11) is 0. The van der Waals surface area contributed by atoms with Crippen LogP contribution in [0.2, 0.25) is 0 Å². The molecule has 0 atom stereocenters. The van der Waals surface area contributed by atoms with Gasteiger partial charge >= 0.3 is 0 Å². The summed E-state index contributed by atoms with van der Waals surface area (Å²) >= 11 is 0. The third-order valence-electron chi connectivity index (χ3n) is 5.48. The Morgan fingerprint density at radius 2 is 1.72 bits per heavy atom. The number of nitrogens with zero attached hydrogens (tertiary/aromatic N) is 1. The van der Waals surface area contributed by atoms with Gasteiger partial charge in [-0.3, -0.25) is 0 Å². The van der Waals surface area contributed by atoms with E-state index in [-0.39, 0.29) is 0 Å². The Morgan fingerprint density at radius 1 is 1.00 bits per heavy atom. The highest BCUT2D eigenvalue weighted by molar-refractivity contribution is 5.33. The van der Waals surface area contributed by atoms with Crippen molar-refractivity contribution in [2.45, 2.75) is 70.1 Å². The van der Waals surface area contributed by atoms with Gasteiger partial charge in [0.25, 0.3) is 0 Å². The zero-order valence-electron chi connectivity index (χ0n) is 15.6. The van der Waals surface area contributed by atoms with Crippen molar-refractivity contribution in [3.8, 4) is 6.07 Å². The van der Waals surface area contributed by atoms with Crippen molar-refractivity contribution in [2.75, 3.05) is 13.2 Å². The average Bonchev–Trinajstić information content (AvgIpc) is 2.67. The second kappa shape index (κ2) is 11.9. The largest absolute Gasteiger partial charge is 0.381 e. The molecule has 1 saturated carbocycles. The zero-order valence-corrected chi connectivity index (χ0v) is 15.6. The van der Waals surface area contributed by atoms with Gasteiger partial charge in [-0.05, 0) is 80.9 Å². The summed E-state index contributed by atoms with van der Waals surface area (Å²) in [4.78, 5) is 0. The molecule has 0 heterocycles. The Balaban J connectivity index is 1.52. The van der Waals surface area contributed by atoms with Gasteiger partial charge in [-0.2, -0.15) is 5.26 Å². The lowest BCUT2D eigenvalue weighted by molar-refractivity contribution is 0.109. The standard InChI is InChI=1S/C23H33NO/c1-2-3-4-5-6-7-17-25-18-16-20-8-12-22(13-9-20)23-14-10-21(19-24)11-15-23/h2,10-11,14-15,20,22H,1,3-9,12-13,16-18H2. The molecule has 2 rings (SSSR count). The number of ether oxygens (including phenoxy) is 1. The molecule has 0 saturated heterocycles. The van der Waals surface area contributed by atoms with Crippen LogP contribution in [-0.2, 0) is 4.74 Å². The van der Waals surface area contributed by atoms with Crippen LogP contribution in [0.4, 0.5) is 0 Å². The molecule has 0 N–H and O–H groups in total. The Labute approximate surface area is 153 Å². The van der Waals surface area contributed by atoms with Crippen LogP contribution in [0.1, 0.15) is 81.3 Å². The molecular formula is C23H33NO. The summed E-state index contributed by atoms with van der Waals surface area (Å²) in [5, 5.41) is 8.89. The van der Waals surface area contributed by atoms with Crippen LogP contribution in [0.3, 0.4) is 0 Å². The normalized spacial score (nSPS) is 20.1. The number of hydrogen-bond acceptors (Lipinski definition) is 2. The average molecular weight is 340 g/mol. The van der Waals surface area contributed by atoms with Crippen molar-refractivity contribution in [1.29, 1.82) is 5.26 Å². The van der Waals surface area contributed by atoms with E-state index in [0.29, 0.717) is 5.92 Å². The summed E-state index contributed by atoms with van der Waals surface area (Å²) < 4.78 is 5.83. The monoisotopic (exact) mass is 339 g/mol. The Kier molecular flexibility index (Phi) is 9.37. The summed E-state index contributed by atoms with van der Waals surface area (Å²) in [5.41, 5.74) is 2.17. The minimum absolute atomic E-state index is 0.681. The van der Waals surface area contributed by atoms with Gasteiger partial charge in [0.05, 0.1) is 11.6 Å². The number of allylic oxidation sites excluding steroid dienone is 1. The van der Waals surface area contributed by atoms with Crippen LogP contribution in [0.15, 0.2) is 36.9 Å². The SMILES string of the molecule is C=CCCCCCCOCCC1CCC(c2ccc(C#N)cc2)CC1. The van der Waals surface area contributed by atoms with Crippen molar-refractivity contribution < 1.29 is 4.74 Å². The summed E-state index contributed by atoms with van der Waals surface area (Å²) in [6.07, 6.45) is 14.6. The first-order valence-electron chi connectivity index (χ1n) is 10.0. The van der Waals surface area contributed by atoms with Crippen LogP contribution in [-0.4, -0.2) is 13.2 Å². The number of nitriles is 1. The molecule has 0 aliphatic heterocycles. The Bertz CT molecular complexity index is 520. The maximum atomic E-state index is 8.89. The van der Waals surface area contributed by atoms with Crippen LogP contribution >= 0.6 is 0 Å². The molecule has 1 aliphatic rings. The molecule has 0 amide bonds. The van der Waals surface area contributed by atoms with E-state index in [0.717, 1.165) is 31.1 Å². The molecule has 25 heavy (non-hydrogen) atoms. The summed E-state index contributed by atoms with van der Waals surface area (Å²) in [6.45, 7) is 5.61. The maximum absolute atomic E-state index is 8.89. The quantitative estimate of drug-likeness (QED) is 0.346. The second-order valence-corrected chi connectivity index (χ2v) is 7.34. The smallest absolute Gasteiger partial charge is 0.0991 e. The van der Waals surface area contributed by atoms with Crippen molar-refractivity contribution >= 4 is 0 Å². The molecule has 1 aromatic rings. The molecule has 2 nitrogen and oxygen atoms in total. The zero-order chi connectivity index (χ0) is 17.7. The van der Waals surface area contributed by atoms with Crippen LogP contribution in [0.5, 0.6) is 0 Å². The molecule has 1 fully saturated rings. The fraction of sp³-hybridized carbons (Fsp3) is 0.609. The number of hydrogen-bond donors (Lipinski definition) is 0. The lowest BCUT2D eigenvalue weighted by Gasteiger charge is -2.28.